The quantitative estimate of drug-likeness (QED) is 0.651. The van der Waals surface area contributed by atoms with Crippen molar-refractivity contribution in [1.29, 1.82) is 0 Å². The number of amides is 1. The number of aromatic nitrogens is 1. The van der Waals surface area contributed by atoms with Crippen LogP contribution in [0.4, 0.5) is 0 Å². The zero-order valence-electron chi connectivity index (χ0n) is 17.7. The number of methoxy groups -OCH3 is 1. The van der Waals surface area contributed by atoms with Crippen LogP contribution in [0, 0.1) is 23.2 Å². The number of nitrogens with zero attached hydrogens (tertiary/aromatic N) is 2. The third-order valence-corrected chi connectivity index (χ3v) is 9.44. The van der Waals surface area contributed by atoms with E-state index in [1.54, 1.807) is 16.7 Å². The highest BCUT2D eigenvalue weighted by molar-refractivity contribution is 7.90. The van der Waals surface area contributed by atoms with Crippen molar-refractivity contribution in [3.05, 3.63) is 23.0 Å². The van der Waals surface area contributed by atoms with Gasteiger partial charge in [-0.25, -0.2) is 8.42 Å². The highest BCUT2D eigenvalue weighted by atomic mass is 32.2. The number of rotatable bonds is 4. The lowest BCUT2D eigenvalue weighted by Gasteiger charge is -2.55. The summed E-state index contributed by atoms with van der Waals surface area (Å²) < 4.78 is 31.1. The van der Waals surface area contributed by atoms with E-state index in [4.69, 9.17) is 4.74 Å². The summed E-state index contributed by atoms with van der Waals surface area (Å²) in [5, 5.41) is 0. The van der Waals surface area contributed by atoms with Crippen molar-refractivity contribution >= 4 is 43.3 Å². The van der Waals surface area contributed by atoms with Crippen LogP contribution in [0.1, 0.15) is 38.5 Å². The average molecular weight is 463 g/mol. The number of hydrogen-bond donors (Lipinski definition) is 0. The van der Waals surface area contributed by atoms with Crippen molar-refractivity contribution in [1.82, 2.24) is 4.57 Å². The molecule has 0 spiro atoms. The summed E-state index contributed by atoms with van der Waals surface area (Å²) in [6, 6.07) is 4.76. The second-order valence-electron chi connectivity index (χ2n) is 9.56. The normalized spacial score (nSPS) is 30.1. The SMILES string of the molecule is COC(=O)Cn1c(=NC(=O)C23CC4CC(CC(C4)C2)C3)sc2cc(S(C)(=O)=O)ccc21. The van der Waals surface area contributed by atoms with Gasteiger partial charge >= 0.3 is 5.97 Å². The van der Waals surface area contributed by atoms with Gasteiger partial charge in [-0.15, -0.1) is 0 Å². The second-order valence-corrected chi connectivity index (χ2v) is 12.6. The highest BCUT2D eigenvalue weighted by Gasteiger charge is 2.54. The van der Waals surface area contributed by atoms with Crippen LogP contribution in [0.3, 0.4) is 0 Å². The highest BCUT2D eigenvalue weighted by Crippen LogP contribution is 2.60. The van der Waals surface area contributed by atoms with Crippen molar-refractivity contribution < 1.29 is 22.7 Å². The molecule has 4 aliphatic rings. The topological polar surface area (TPSA) is 94.8 Å². The standard InChI is InChI=1S/C22H26N2O5S2/c1-29-19(25)12-24-17-4-3-16(31(2,27)28)8-18(17)30-21(24)23-20(26)22-9-13-5-14(10-22)7-15(6-13)11-22/h3-4,8,13-15H,5-7,9-12H2,1-2H3. The molecule has 0 saturated heterocycles. The number of esters is 1. The Hall–Kier alpha value is -2.00. The van der Waals surface area contributed by atoms with Crippen LogP contribution in [0.15, 0.2) is 28.1 Å². The monoisotopic (exact) mass is 462 g/mol. The van der Waals surface area contributed by atoms with Crippen molar-refractivity contribution in [3.8, 4) is 0 Å². The Morgan fingerprint density at radius 1 is 1.16 bits per heavy atom. The first-order valence-electron chi connectivity index (χ1n) is 10.7. The molecule has 0 N–H and O–H groups in total. The molecule has 0 unspecified atom stereocenters. The number of hydrogen-bond acceptors (Lipinski definition) is 6. The molecule has 1 amide bonds. The Morgan fingerprint density at radius 3 is 2.32 bits per heavy atom. The summed E-state index contributed by atoms with van der Waals surface area (Å²) >= 11 is 1.24. The van der Waals surface area contributed by atoms with Gasteiger partial charge in [-0.2, -0.15) is 4.99 Å². The molecule has 166 valence electrons. The lowest BCUT2D eigenvalue weighted by molar-refractivity contribution is -0.143. The van der Waals surface area contributed by atoms with Gasteiger partial charge in [0.1, 0.15) is 6.54 Å². The Morgan fingerprint density at radius 2 is 1.77 bits per heavy atom. The molecule has 7 nitrogen and oxygen atoms in total. The fourth-order valence-corrected chi connectivity index (χ4v) is 8.08. The maximum Gasteiger partial charge on any atom is 0.325 e. The summed E-state index contributed by atoms with van der Waals surface area (Å²) in [4.78, 5) is 30.7. The molecule has 4 bridgehead atoms. The molecule has 1 aromatic heterocycles. The van der Waals surface area contributed by atoms with Gasteiger partial charge in [0, 0.05) is 6.26 Å². The van der Waals surface area contributed by atoms with Crippen molar-refractivity contribution in [2.24, 2.45) is 28.2 Å². The molecule has 0 radical (unpaired) electrons. The molecule has 4 fully saturated rings. The van der Waals surface area contributed by atoms with E-state index in [2.05, 4.69) is 4.99 Å². The summed E-state index contributed by atoms with van der Waals surface area (Å²) in [6.07, 6.45) is 7.64. The third-order valence-electron chi connectivity index (χ3n) is 7.29. The molecule has 1 aromatic carbocycles. The van der Waals surface area contributed by atoms with Crippen LogP contribution in [0.2, 0.25) is 0 Å². The summed E-state index contributed by atoms with van der Waals surface area (Å²) in [6.45, 7) is -0.0816. The predicted octanol–water partition coefficient (Wildman–Crippen LogP) is 2.92. The number of carbonyl (C=O) groups is 2. The van der Waals surface area contributed by atoms with E-state index < -0.39 is 15.8 Å². The number of ether oxygens (including phenoxy) is 1. The van der Waals surface area contributed by atoms with Crippen LogP contribution >= 0.6 is 11.3 Å². The predicted molar refractivity (Wildman–Crippen MR) is 116 cm³/mol. The molecular formula is C22H26N2O5S2. The maximum absolute atomic E-state index is 13.5. The molecule has 1 heterocycles. The number of sulfone groups is 1. The maximum atomic E-state index is 13.5. The zero-order chi connectivity index (χ0) is 22.0. The third kappa shape index (κ3) is 3.65. The molecule has 31 heavy (non-hydrogen) atoms. The Kier molecular flexibility index (Phi) is 4.89. The molecule has 4 saturated carbocycles. The van der Waals surface area contributed by atoms with E-state index >= 15 is 0 Å². The van der Waals surface area contributed by atoms with Gasteiger partial charge in [-0.3, -0.25) is 9.59 Å². The number of fused-ring (bicyclic) bond motifs is 1. The van der Waals surface area contributed by atoms with Crippen LogP contribution in [0.25, 0.3) is 10.2 Å². The molecule has 2 aromatic rings. The van der Waals surface area contributed by atoms with Gasteiger partial charge in [-0.05, 0) is 74.5 Å². The van der Waals surface area contributed by atoms with E-state index in [9.17, 15) is 18.0 Å². The molecular weight excluding hydrogens is 436 g/mol. The number of benzene rings is 1. The van der Waals surface area contributed by atoms with E-state index in [0.717, 1.165) is 25.5 Å². The van der Waals surface area contributed by atoms with Gasteiger partial charge < -0.3 is 9.30 Å². The lowest BCUT2D eigenvalue weighted by Crippen LogP contribution is -2.50. The Labute approximate surface area is 185 Å². The van der Waals surface area contributed by atoms with Crippen LogP contribution < -0.4 is 4.80 Å². The van der Waals surface area contributed by atoms with E-state index in [0.29, 0.717) is 32.8 Å². The van der Waals surface area contributed by atoms with Gasteiger partial charge in [0.05, 0.1) is 27.6 Å². The minimum atomic E-state index is -3.37. The molecule has 9 heteroatoms. The zero-order valence-corrected chi connectivity index (χ0v) is 19.3. The van der Waals surface area contributed by atoms with Crippen molar-refractivity contribution in [3.63, 3.8) is 0 Å². The lowest BCUT2D eigenvalue weighted by atomic mass is 9.49. The van der Waals surface area contributed by atoms with Gasteiger partial charge in [0.25, 0.3) is 5.91 Å². The first kappa shape index (κ1) is 20.9. The summed E-state index contributed by atoms with van der Waals surface area (Å²) in [5.74, 6) is 1.36. The van der Waals surface area contributed by atoms with Crippen molar-refractivity contribution in [2.75, 3.05) is 13.4 Å². The van der Waals surface area contributed by atoms with E-state index in [1.807, 2.05) is 0 Å². The molecule has 4 aliphatic carbocycles. The van der Waals surface area contributed by atoms with Gasteiger partial charge in [0.15, 0.2) is 14.6 Å². The minimum Gasteiger partial charge on any atom is -0.468 e. The van der Waals surface area contributed by atoms with Crippen molar-refractivity contribution in [2.45, 2.75) is 50.0 Å². The van der Waals surface area contributed by atoms with E-state index in [1.165, 1.54) is 43.8 Å². The van der Waals surface area contributed by atoms with Crippen LogP contribution in [0.5, 0.6) is 0 Å². The summed E-state index contributed by atoms with van der Waals surface area (Å²) in [7, 11) is -2.06. The minimum absolute atomic E-state index is 0.0816. The fraction of sp³-hybridized carbons (Fsp3) is 0.591. The largest absolute Gasteiger partial charge is 0.468 e. The van der Waals surface area contributed by atoms with Gasteiger partial charge in [-0.1, -0.05) is 11.3 Å². The Balaban J connectivity index is 1.60. The van der Waals surface area contributed by atoms with E-state index in [-0.39, 0.29) is 22.8 Å². The van der Waals surface area contributed by atoms with Crippen LogP contribution in [-0.4, -0.2) is 38.2 Å². The molecule has 0 aliphatic heterocycles. The first-order valence-corrected chi connectivity index (χ1v) is 13.4. The Bertz CT molecular complexity index is 1220. The smallest absolute Gasteiger partial charge is 0.325 e. The average Bonchev–Trinajstić information content (AvgIpc) is 3.02. The number of thiazole rings is 1. The number of carbonyl (C=O) groups excluding carboxylic acids is 2. The molecule has 6 rings (SSSR count). The fourth-order valence-electron chi connectivity index (χ4n) is 6.29. The summed E-state index contributed by atoms with van der Waals surface area (Å²) in [5.41, 5.74) is 0.297. The molecule has 0 atom stereocenters. The van der Waals surface area contributed by atoms with Gasteiger partial charge in [0.2, 0.25) is 0 Å². The van der Waals surface area contributed by atoms with Crippen LogP contribution in [-0.2, 0) is 30.7 Å². The first-order chi connectivity index (χ1) is 14.7. The second kappa shape index (κ2) is 7.27.